The van der Waals surface area contributed by atoms with Gasteiger partial charge in [-0.3, -0.25) is 4.79 Å². The van der Waals surface area contributed by atoms with Crippen molar-refractivity contribution in [1.29, 1.82) is 0 Å². The molecule has 0 spiro atoms. The smallest absolute Gasteiger partial charge is 0.196 e. The van der Waals surface area contributed by atoms with Crippen molar-refractivity contribution in [2.24, 2.45) is 0 Å². The van der Waals surface area contributed by atoms with Gasteiger partial charge < -0.3 is 4.74 Å². The fourth-order valence-corrected chi connectivity index (χ4v) is 3.11. The van der Waals surface area contributed by atoms with E-state index < -0.39 is 0 Å². The van der Waals surface area contributed by atoms with Crippen molar-refractivity contribution in [3.63, 3.8) is 0 Å². The van der Waals surface area contributed by atoms with E-state index in [9.17, 15) is 4.79 Å². The molecule has 0 N–H and O–H groups in total. The first-order valence-electron chi connectivity index (χ1n) is 5.44. The van der Waals surface area contributed by atoms with E-state index in [1.807, 2.05) is 36.4 Å². The maximum Gasteiger partial charge on any atom is 0.196 e. The highest BCUT2D eigenvalue weighted by Gasteiger charge is 2.06. The normalized spacial score (nSPS) is 10.9. The summed E-state index contributed by atoms with van der Waals surface area (Å²) in [5.74, 6) is 0.622. The molecule has 18 heavy (non-hydrogen) atoms. The predicted molar refractivity (Wildman–Crippen MR) is 76.9 cm³/mol. The first-order chi connectivity index (χ1) is 8.79. The fraction of sp³-hybridized carbons (Fsp3) is 0.0714. The molecule has 0 aliphatic rings. The highest BCUT2D eigenvalue weighted by Crippen LogP contribution is 2.27. The minimum absolute atomic E-state index is 0.0411. The molecule has 0 atom stereocenters. The molecule has 2 aromatic carbocycles. The summed E-state index contributed by atoms with van der Waals surface area (Å²) in [4.78, 5) is 12.4. The van der Waals surface area contributed by atoms with Gasteiger partial charge in [-0.05, 0) is 30.3 Å². The number of ether oxygens (including phenoxy) is 1. The Balaban J connectivity index is 2.38. The minimum Gasteiger partial charge on any atom is -0.478 e. The standard InChI is InChI=1S/C14H9ClO2S/c15-8-17-9-5-6-13-11(7-9)14(16)10-3-1-2-4-12(10)18-13/h1-7H,8H2. The van der Waals surface area contributed by atoms with Gasteiger partial charge in [0, 0.05) is 20.2 Å². The molecule has 1 aromatic heterocycles. The van der Waals surface area contributed by atoms with Gasteiger partial charge >= 0.3 is 0 Å². The first kappa shape index (κ1) is 11.5. The average Bonchev–Trinajstić information content (AvgIpc) is 2.40. The summed E-state index contributed by atoms with van der Waals surface area (Å²) < 4.78 is 7.17. The molecule has 3 aromatic rings. The number of benzene rings is 2. The van der Waals surface area contributed by atoms with Crippen LogP contribution in [-0.4, -0.2) is 6.07 Å². The quantitative estimate of drug-likeness (QED) is 0.522. The Kier molecular flexibility index (Phi) is 2.94. The molecule has 0 radical (unpaired) electrons. The van der Waals surface area contributed by atoms with Gasteiger partial charge in [0.25, 0.3) is 0 Å². The van der Waals surface area contributed by atoms with E-state index in [2.05, 4.69) is 0 Å². The molecule has 0 saturated heterocycles. The Morgan fingerprint density at radius 1 is 1.06 bits per heavy atom. The van der Waals surface area contributed by atoms with Crippen molar-refractivity contribution in [2.45, 2.75) is 0 Å². The van der Waals surface area contributed by atoms with Crippen LogP contribution in [0.25, 0.3) is 20.2 Å². The largest absolute Gasteiger partial charge is 0.478 e. The van der Waals surface area contributed by atoms with Crippen LogP contribution < -0.4 is 10.2 Å². The molecule has 4 heteroatoms. The van der Waals surface area contributed by atoms with Gasteiger partial charge in [0.05, 0.1) is 0 Å². The van der Waals surface area contributed by atoms with Crippen LogP contribution in [0.2, 0.25) is 0 Å². The second-order valence-electron chi connectivity index (χ2n) is 3.84. The van der Waals surface area contributed by atoms with Gasteiger partial charge in [0.1, 0.15) is 5.75 Å². The highest BCUT2D eigenvalue weighted by atomic mass is 35.5. The molecular formula is C14H9ClO2S. The third kappa shape index (κ3) is 1.85. The van der Waals surface area contributed by atoms with E-state index in [0.29, 0.717) is 11.1 Å². The first-order valence-corrected chi connectivity index (χ1v) is 6.79. The van der Waals surface area contributed by atoms with Crippen molar-refractivity contribution in [1.82, 2.24) is 0 Å². The van der Waals surface area contributed by atoms with Crippen LogP contribution in [0, 0.1) is 0 Å². The maximum atomic E-state index is 12.4. The molecule has 0 aliphatic carbocycles. The van der Waals surface area contributed by atoms with E-state index in [4.69, 9.17) is 16.3 Å². The zero-order valence-corrected chi connectivity index (χ0v) is 10.9. The molecule has 0 amide bonds. The maximum absolute atomic E-state index is 12.4. The Bertz CT molecular complexity index is 779. The Labute approximate surface area is 112 Å². The third-order valence-electron chi connectivity index (χ3n) is 2.77. The number of halogens is 1. The van der Waals surface area contributed by atoms with Gasteiger partial charge in [-0.2, -0.15) is 0 Å². The summed E-state index contributed by atoms with van der Waals surface area (Å²) in [5, 5.41) is 1.43. The van der Waals surface area contributed by atoms with Crippen LogP contribution in [0.3, 0.4) is 0 Å². The summed E-state index contributed by atoms with van der Waals surface area (Å²) in [6.45, 7) is 0. The van der Waals surface area contributed by atoms with Crippen LogP contribution in [0.15, 0.2) is 47.3 Å². The SMILES string of the molecule is O=c1c2ccccc2sc2ccc(OCCl)cc12. The zero-order valence-electron chi connectivity index (χ0n) is 9.35. The second kappa shape index (κ2) is 4.59. The van der Waals surface area contributed by atoms with Crippen LogP contribution in [-0.2, 0) is 0 Å². The lowest BCUT2D eigenvalue weighted by atomic mass is 10.2. The second-order valence-corrected chi connectivity index (χ2v) is 5.14. The van der Waals surface area contributed by atoms with Crippen molar-refractivity contribution in [3.8, 4) is 5.75 Å². The number of hydrogen-bond donors (Lipinski definition) is 0. The number of fused-ring (bicyclic) bond motifs is 2. The van der Waals surface area contributed by atoms with Crippen molar-refractivity contribution in [2.75, 3.05) is 6.07 Å². The molecular weight excluding hydrogens is 268 g/mol. The monoisotopic (exact) mass is 276 g/mol. The van der Waals surface area contributed by atoms with E-state index in [-0.39, 0.29) is 11.5 Å². The summed E-state index contributed by atoms with van der Waals surface area (Å²) >= 11 is 7.13. The molecule has 0 aliphatic heterocycles. The molecule has 2 nitrogen and oxygen atoms in total. The molecule has 1 heterocycles. The van der Waals surface area contributed by atoms with Crippen LogP contribution in [0.5, 0.6) is 5.75 Å². The molecule has 0 unspecified atom stereocenters. The number of hydrogen-bond acceptors (Lipinski definition) is 3. The Morgan fingerprint density at radius 3 is 2.67 bits per heavy atom. The Hall–Kier alpha value is -1.58. The van der Waals surface area contributed by atoms with Gasteiger partial charge in [0.15, 0.2) is 11.5 Å². The van der Waals surface area contributed by atoms with E-state index >= 15 is 0 Å². The Morgan fingerprint density at radius 2 is 1.83 bits per heavy atom. The summed E-state index contributed by atoms with van der Waals surface area (Å²) in [5.41, 5.74) is 0.0411. The van der Waals surface area contributed by atoms with Crippen molar-refractivity contribution in [3.05, 3.63) is 52.7 Å². The molecule has 90 valence electrons. The van der Waals surface area contributed by atoms with E-state index in [1.165, 1.54) is 0 Å². The third-order valence-corrected chi connectivity index (χ3v) is 4.03. The van der Waals surface area contributed by atoms with E-state index in [0.717, 1.165) is 14.8 Å². The van der Waals surface area contributed by atoms with Crippen LogP contribution in [0.1, 0.15) is 0 Å². The molecule has 0 fully saturated rings. The average molecular weight is 277 g/mol. The highest BCUT2D eigenvalue weighted by molar-refractivity contribution is 7.24. The van der Waals surface area contributed by atoms with Gasteiger partial charge in [-0.1, -0.05) is 23.7 Å². The van der Waals surface area contributed by atoms with Crippen molar-refractivity contribution < 1.29 is 4.74 Å². The fourth-order valence-electron chi connectivity index (χ4n) is 1.94. The minimum atomic E-state index is 0.0411. The van der Waals surface area contributed by atoms with Crippen molar-refractivity contribution >= 4 is 43.1 Å². The summed E-state index contributed by atoms with van der Waals surface area (Å²) in [7, 11) is 0. The van der Waals surface area contributed by atoms with Crippen LogP contribution in [0.4, 0.5) is 0 Å². The lowest BCUT2D eigenvalue weighted by molar-refractivity contribution is 0.388. The van der Waals surface area contributed by atoms with Gasteiger partial charge in [-0.15, -0.1) is 11.3 Å². The molecule has 0 bridgehead atoms. The van der Waals surface area contributed by atoms with E-state index in [1.54, 1.807) is 17.4 Å². The topological polar surface area (TPSA) is 26.3 Å². The molecule has 0 saturated carbocycles. The van der Waals surface area contributed by atoms with Gasteiger partial charge in [0.2, 0.25) is 0 Å². The number of alkyl halides is 1. The lowest BCUT2D eigenvalue weighted by Gasteiger charge is -2.04. The number of rotatable bonds is 2. The lowest BCUT2D eigenvalue weighted by Crippen LogP contribution is -2.01. The predicted octanol–water partition coefficient (Wildman–Crippen LogP) is 3.99. The zero-order chi connectivity index (χ0) is 12.5. The summed E-state index contributed by atoms with van der Waals surface area (Å²) in [6.07, 6.45) is 0. The van der Waals surface area contributed by atoms with Gasteiger partial charge in [-0.25, -0.2) is 0 Å². The van der Waals surface area contributed by atoms with Crippen LogP contribution >= 0.6 is 22.9 Å². The summed E-state index contributed by atoms with van der Waals surface area (Å²) in [6, 6.07) is 13.2. The molecule has 3 rings (SSSR count).